The number of rotatable bonds is 10. The molecular weight excluding hydrogens is 478 g/mol. The van der Waals surface area contributed by atoms with Crippen LogP contribution in [0.3, 0.4) is 0 Å². The Kier molecular flexibility index (Phi) is 8.48. The number of carbonyl (C=O) groups excluding carboxylic acids is 2. The van der Waals surface area contributed by atoms with Crippen molar-refractivity contribution in [2.45, 2.75) is 19.4 Å². The minimum Gasteiger partial charge on any atom is -0.348 e. The molecule has 0 saturated heterocycles. The predicted octanol–water partition coefficient (Wildman–Crippen LogP) is 3.47. The Bertz CT molecular complexity index is 1300. The van der Waals surface area contributed by atoms with Crippen molar-refractivity contribution in [2.24, 2.45) is 0 Å². The van der Waals surface area contributed by atoms with Gasteiger partial charge in [-0.05, 0) is 42.3 Å². The highest BCUT2D eigenvalue weighted by atomic mass is 32.2. The third-order valence-electron chi connectivity index (χ3n) is 4.98. The zero-order valence-electron chi connectivity index (χ0n) is 18.9. The van der Waals surface area contributed by atoms with Crippen LogP contribution in [0.4, 0.5) is 20.2 Å². The van der Waals surface area contributed by atoms with Gasteiger partial charge in [0.25, 0.3) is 5.91 Å². The van der Waals surface area contributed by atoms with Crippen molar-refractivity contribution in [3.8, 4) is 0 Å². The van der Waals surface area contributed by atoms with E-state index in [0.717, 1.165) is 34.3 Å². The van der Waals surface area contributed by atoms with E-state index in [1.54, 1.807) is 42.7 Å². The zero-order valence-corrected chi connectivity index (χ0v) is 19.7. The van der Waals surface area contributed by atoms with Crippen molar-refractivity contribution >= 4 is 33.2 Å². The van der Waals surface area contributed by atoms with E-state index in [1.165, 1.54) is 0 Å². The van der Waals surface area contributed by atoms with Crippen molar-refractivity contribution in [2.75, 3.05) is 22.4 Å². The number of nitrogens with one attached hydrogen (secondary N) is 2. The lowest BCUT2D eigenvalue weighted by Crippen LogP contribution is -2.31. The minimum absolute atomic E-state index is 0.0394. The molecular formula is C24H24F2N4O4S. The summed E-state index contributed by atoms with van der Waals surface area (Å²) < 4.78 is 52.0. The van der Waals surface area contributed by atoms with E-state index in [2.05, 4.69) is 15.6 Å². The van der Waals surface area contributed by atoms with Gasteiger partial charge in [0.15, 0.2) is 11.6 Å². The smallest absolute Gasteiger partial charge is 0.253 e. The summed E-state index contributed by atoms with van der Waals surface area (Å²) in [4.78, 5) is 29.1. The van der Waals surface area contributed by atoms with E-state index in [-0.39, 0.29) is 43.1 Å². The Labute approximate surface area is 202 Å². The second-order valence-electron chi connectivity index (χ2n) is 7.67. The Balaban J connectivity index is 1.60. The maximum absolute atomic E-state index is 13.6. The monoisotopic (exact) mass is 502 g/mol. The molecule has 0 spiro atoms. The molecule has 11 heteroatoms. The van der Waals surface area contributed by atoms with E-state index in [4.69, 9.17) is 0 Å². The quantitative estimate of drug-likeness (QED) is 0.441. The molecule has 2 aromatic carbocycles. The molecule has 0 unspecified atom stereocenters. The Morgan fingerprint density at radius 1 is 1.03 bits per heavy atom. The van der Waals surface area contributed by atoms with Gasteiger partial charge in [-0.2, -0.15) is 0 Å². The van der Waals surface area contributed by atoms with Crippen molar-refractivity contribution < 1.29 is 26.8 Å². The highest BCUT2D eigenvalue weighted by Gasteiger charge is 2.20. The van der Waals surface area contributed by atoms with Gasteiger partial charge in [0.2, 0.25) is 15.9 Å². The SMILES string of the molecule is CS(=O)(=O)N(CCCC(=O)Nc1ccccc1C(=O)NCc1cccnc1)c1ccc(F)c(F)c1. The molecule has 0 aliphatic carbocycles. The van der Waals surface area contributed by atoms with Gasteiger partial charge in [-0.15, -0.1) is 0 Å². The van der Waals surface area contributed by atoms with Crippen LogP contribution >= 0.6 is 0 Å². The molecule has 184 valence electrons. The average Bonchev–Trinajstić information content (AvgIpc) is 2.82. The molecule has 0 radical (unpaired) electrons. The fraction of sp³-hybridized carbons (Fsp3) is 0.208. The molecule has 35 heavy (non-hydrogen) atoms. The van der Waals surface area contributed by atoms with E-state index in [9.17, 15) is 26.8 Å². The standard InChI is InChI=1S/C24H24F2N4O4S/c1-35(33,34)30(18-10-11-20(25)21(26)14-18)13-5-9-23(31)29-22-8-3-2-7-19(22)24(32)28-16-17-6-4-12-27-15-17/h2-4,6-8,10-12,14-15H,5,9,13,16H2,1H3,(H,28,32)(H,29,31). The summed E-state index contributed by atoms with van der Waals surface area (Å²) in [5, 5.41) is 5.44. The van der Waals surface area contributed by atoms with Gasteiger partial charge in [-0.25, -0.2) is 17.2 Å². The number of para-hydroxylation sites is 1. The molecule has 2 N–H and O–H groups in total. The van der Waals surface area contributed by atoms with E-state index in [0.29, 0.717) is 5.69 Å². The molecule has 1 heterocycles. The van der Waals surface area contributed by atoms with Gasteiger partial charge < -0.3 is 10.6 Å². The molecule has 0 aliphatic heterocycles. The van der Waals surface area contributed by atoms with Crippen LogP contribution in [0, 0.1) is 11.6 Å². The molecule has 1 aromatic heterocycles. The Morgan fingerprint density at radius 3 is 2.49 bits per heavy atom. The average molecular weight is 503 g/mol. The first-order valence-electron chi connectivity index (χ1n) is 10.6. The van der Waals surface area contributed by atoms with Crippen LogP contribution in [-0.2, 0) is 21.4 Å². The Hall–Kier alpha value is -3.86. The number of hydrogen-bond donors (Lipinski definition) is 2. The van der Waals surface area contributed by atoms with Gasteiger partial charge in [0, 0.05) is 38.0 Å². The molecule has 0 aliphatic rings. The third-order valence-corrected chi connectivity index (χ3v) is 6.17. The highest BCUT2D eigenvalue weighted by molar-refractivity contribution is 7.92. The van der Waals surface area contributed by atoms with Crippen LogP contribution in [-0.4, -0.2) is 38.0 Å². The van der Waals surface area contributed by atoms with E-state index >= 15 is 0 Å². The molecule has 3 rings (SSSR count). The van der Waals surface area contributed by atoms with E-state index < -0.39 is 27.6 Å². The Morgan fingerprint density at radius 2 is 1.80 bits per heavy atom. The first-order valence-corrected chi connectivity index (χ1v) is 12.5. The van der Waals surface area contributed by atoms with Gasteiger partial charge in [-0.1, -0.05) is 18.2 Å². The maximum atomic E-state index is 13.6. The first kappa shape index (κ1) is 25.8. The highest BCUT2D eigenvalue weighted by Crippen LogP contribution is 2.21. The molecule has 0 saturated carbocycles. The summed E-state index contributed by atoms with van der Waals surface area (Å²) in [7, 11) is -3.80. The lowest BCUT2D eigenvalue weighted by Gasteiger charge is -2.22. The van der Waals surface area contributed by atoms with Crippen LogP contribution < -0.4 is 14.9 Å². The topological polar surface area (TPSA) is 108 Å². The number of halogens is 2. The summed E-state index contributed by atoms with van der Waals surface area (Å²) in [6, 6.07) is 12.9. The second-order valence-corrected chi connectivity index (χ2v) is 9.58. The lowest BCUT2D eigenvalue weighted by atomic mass is 10.1. The summed E-state index contributed by atoms with van der Waals surface area (Å²) in [6.45, 7) is 0.144. The van der Waals surface area contributed by atoms with Crippen LogP contribution in [0.25, 0.3) is 0 Å². The molecule has 2 amide bonds. The fourth-order valence-electron chi connectivity index (χ4n) is 3.29. The van der Waals surface area contributed by atoms with Crippen LogP contribution in [0.2, 0.25) is 0 Å². The van der Waals surface area contributed by atoms with Crippen molar-refractivity contribution in [3.05, 3.63) is 89.8 Å². The zero-order chi connectivity index (χ0) is 25.4. The van der Waals surface area contributed by atoms with Gasteiger partial charge in [0.1, 0.15) is 0 Å². The number of nitrogens with zero attached hydrogens (tertiary/aromatic N) is 2. The molecule has 0 bridgehead atoms. The van der Waals surface area contributed by atoms with Gasteiger partial charge in [0.05, 0.1) is 23.2 Å². The maximum Gasteiger partial charge on any atom is 0.253 e. The summed E-state index contributed by atoms with van der Waals surface area (Å²) in [6.07, 6.45) is 4.24. The molecule has 0 atom stereocenters. The van der Waals surface area contributed by atoms with E-state index in [1.807, 2.05) is 6.07 Å². The second kappa shape index (κ2) is 11.5. The third kappa shape index (κ3) is 7.31. The molecule has 8 nitrogen and oxygen atoms in total. The fourth-order valence-corrected chi connectivity index (χ4v) is 4.25. The molecule has 3 aromatic rings. The number of amides is 2. The number of sulfonamides is 1. The first-order chi connectivity index (χ1) is 16.6. The summed E-state index contributed by atoms with van der Waals surface area (Å²) in [5.74, 6) is -3.08. The minimum atomic E-state index is -3.80. The number of anilines is 2. The molecule has 0 fully saturated rings. The van der Waals surface area contributed by atoms with Crippen molar-refractivity contribution in [3.63, 3.8) is 0 Å². The normalized spacial score (nSPS) is 11.1. The van der Waals surface area contributed by atoms with Gasteiger partial charge >= 0.3 is 0 Å². The lowest BCUT2D eigenvalue weighted by molar-refractivity contribution is -0.116. The van der Waals surface area contributed by atoms with Crippen molar-refractivity contribution in [1.82, 2.24) is 10.3 Å². The van der Waals surface area contributed by atoms with Crippen LogP contribution in [0.1, 0.15) is 28.8 Å². The largest absolute Gasteiger partial charge is 0.348 e. The number of aromatic nitrogens is 1. The number of hydrogen-bond acceptors (Lipinski definition) is 5. The predicted molar refractivity (Wildman–Crippen MR) is 128 cm³/mol. The number of carbonyl (C=O) groups is 2. The van der Waals surface area contributed by atoms with Crippen LogP contribution in [0.5, 0.6) is 0 Å². The van der Waals surface area contributed by atoms with Crippen LogP contribution in [0.15, 0.2) is 67.0 Å². The van der Waals surface area contributed by atoms with Gasteiger partial charge in [-0.3, -0.25) is 18.9 Å². The number of pyridine rings is 1. The number of benzene rings is 2. The summed E-state index contributed by atoms with van der Waals surface area (Å²) in [5.41, 5.74) is 1.35. The summed E-state index contributed by atoms with van der Waals surface area (Å²) >= 11 is 0. The van der Waals surface area contributed by atoms with Crippen molar-refractivity contribution in [1.29, 1.82) is 0 Å².